The van der Waals surface area contributed by atoms with Crippen LogP contribution < -0.4 is 0 Å². The summed E-state index contributed by atoms with van der Waals surface area (Å²) >= 11 is 1.02. The molecule has 1 heterocycles. The van der Waals surface area contributed by atoms with E-state index in [0.29, 0.717) is 16.7 Å². The second kappa shape index (κ2) is 12.7. The first-order valence-electron chi connectivity index (χ1n) is 14.8. The Morgan fingerprint density at radius 2 is 0.913 bits per heavy atom. The monoisotopic (exact) mass is 628 g/mol. The van der Waals surface area contributed by atoms with Crippen LogP contribution in [-0.2, 0) is 14.2 Å². The van der Waals surface area contributed by atoms with Gasteiger partial charge in [0.1, 0.15) is 12.0 Å². The fourth-order valence-corrected chi connectivity index (χ4v) is 6.92. The molecule has 6 aromatic carbocycles. The molecule has 0 aromatic heterocycles. The van der Waals surface area contributed by atoms with E-state index in [1.54, 1.807) is 36.4 Å². The Labute approximate surface area is 268 Å². The fraction of sp³-hybridized carbons (Fsp3) is 0.132. The molecule has 46 heavy (non-hydrogen) atoms. The summed E-state index contributed by atoms with van der Waals surface area (Å²) in [5, 5.41) is 15.9. The molecule has 0 aliphatic carbocycles. The molecule has 0 saturated carbocycles. The van der Waals surface area contributed by atoms with Crippen LogP contribution in [0.5, 0.6) is 0 Å². The van der Waals surface area contributed by atoms with Crippen LogP contribution in [0.15, 0.2) is 127 Å². The van der Waals surface area contributed by atoms with E-state index in [0.717, 1.165) is 44.1 Å². The highest BCUT2D eigenvalue weighted by Gasteiger charge is 2.49. The van der Waals surface area contributed by atoms with Crippen LogP contribution in [-0.4, -0.2) is 52.5 Å². The molecule has 7 rings (SSSR count). The summed E-state index contributed by atoms with van der Waals surface area (Å²) in [4.78, 5) is 39.9. The highest BCUT2D eigenvalue weighted by Crippen LogP contribution is 2.38. The lowest BCUT2D eigenvalue weighted by Gasteiger charge is -2.24. The number of carbonyl (C=O) groups is 3. The van der Waals surface area contributed by atoms with Crippen LogP contribution in [0.2, 0.25) is 0 Å². The van der Waals surface area contributed by atoms with Gasteiger partial charge >= 0.3 is 17.9 Å². The highest BCUT2D eigenvalue weighted by atomic mass is 32.2. The molecule has 1 unspecified atom stereocenters. The lowest BCUT2D eigenvalue weighted by atomic mass is 10.1. The van der Waals surface area contributed by atoms with Crippen molar-refractivity contribution in [3.63, 3.8) is 0 Å². The van der Waals surface area contributed by atoms with Crippen molar-refractivity contribution in [3.05, 3.63) is 144 Å². The molecular weight excluding hydrogens is 600 g/mol. The highest BCUT2D eigenvalue weighted by molar-refractivity contribution is 8.00. The predicted molar refractivity (Wildman–Crippen MR) is 178 cm³/mol. The normalized spacial score (nSPS) is 19.2. The number of esters is 3. The van der Waals surface area contributed by atoms with Crippen molar-refractivity contribution in [1.82, 2.24) is 0 Å². The van der Waals surface area contributed by atoms with Gasteiger partial charge in [0.25, 0.3) is 0 Å². The van der Waals surface area contributed by atoms with Gasteiger partial charge in [-0.05, 0) is 68.7 Å². The van der Waals surface area contributed by atoms with Crippen molar-refractivity contribution in [3.8, 4) is 0 Å². The van der Waals surface area contributed by atoms with E-state index in [1.165, 1.54) is 0 Å². The van der Waals surface area contributed by atoms with E-state index in [1.807, 2.05) is 91.0 Å². The number of hydrogen-bond acceptors (Lipinski definition) is 8. The second-order valence-electron chi connectivity index (χ2n) is 11.1. The summed E-state index contributed by atoms with van der Waals surface area (Å²) in [6, 6.07) is 38.6. The molecule has 228 valence electrons. The van der Waals surface area contributed by atoms with E-state index in [-0.39, 0.29) is 6.61 Å². The molecule has 0 amide bonds. The van der Waals surface area contributed by atoms with Crippen molar-refractivity contribution in [1.29, 1.82) is 0 Å². The third kappa shape index (κ3) is 6.05. The van der Waals surface area contributed by atoms with Crippen molar-refractivity contribution in [2.24, 2.45) is 0 Å². The summed E-state index contributed by atoms with van der Waals surface area (Å²) in [7, 11) is 0. The largest absolute Gasteiger partial charge is 0.461 e. The van der Waals surface area contributed by atoms with Gasteiger partial charge < -0.3 is 19.3 Å². The summed E-state index contributed by atoms with van der Waals surface area (Å²) in [6.45, 7) is -0.187. The van der Waals surface area contributed by atoms with Gasteiger partial charge in [0.15, 0.2) is 12.2 Å². The lowest BCUT2D eigenvalue weighted by Crippen LogP contribution is -2.41. The van der Waals surface area contributed by atoms with E-state index in [2.05, 4.69) is 0 Å². The average molecular weight is 629 g/mol. The Hall–Kier alpha value is -5.18. The maximum absolute atomic E-state index is 13.5. The maximum Gasteiger partial charge on any atom is 0.338 e. The first-order chi connectivity index (χ1) is 22.4. The lowest BCUT2D eigenvalue weighted by molar-refractivity contribution is -0.0557. The molecule has 1 aliphatic rings. The fourth-order valence-electron chi connectivity index (χ4n) is 5.68. The molecule has 1 fully saturated rings. The molecule has 6 aromatic rings. The maximum atomic E-state index is 13.5. The van der Waals surface area contributed by atoms with Gasteiger partial charge in [0.2, 0.25) is 0 Å². The number of hydrogen-bond donors (Lipinski definition) is 1. The molecule has 7 nitrogen and oxygen atoms in total. The van der Waals surface area contributed by atoms with E-state index in [4.69, 9.17) is 14.2 Å². The standard InChI is InChI=1S/C38H28O7S/c39-35(29-16-13-23-7-1-4-10-26(23)19-29)43-22-32-33(44-36(40)30-17-14-24-8-2-5-11-27(24)20-30)34(38(42)46-32)45-37(41)31-18-15-25-9-3-6-12-28(25)21-31/h1-21,32-34,38,42H,22H2/t32-,33-,34+,38?/m0/s1. The molecule has 8 heteroatoms. The van der Waals surface area contributed by atoms with Crippen molar-refractivity contribution >= 4 is 62.0 Å². The number of aliphatic hydroxyl groups excluding tert-OH is 1. The number of carbonyl (C=O) groups excluding carboxylic acids is 3. The first-order valence-corrected chi connectivity index (χ1v) is 15.8. The molecule has 1 N–H and O–H groups in total. The molecule has 1 aliphatic heterocycles. The number of fused-ring (bicyclic) bond motifs is 3. The smallest absolute Gasteiger partial charge is 0.338 e. The minimum atomic E-state index is -1.23. The molecular formula is C38H28O7S. The third-order valence-electron chi connectivity index (χ3n) is 8.11. The van der Waals surface area contributed by atoms with E-state index >= 15 is 0 Å². The summed E-state index contributed by atoms with van der Waals surface area (Å²) in [5.74, 6) is -1.88. The zero-order chi connectivity index (χ0) is 31.6. The number of rotatable bonds is 7. The van der Waals surface area contributed by atoms with Gasteiger partial charge in [-0.15, -0.1) is 11.8 Å². The summed E-state index contributed by atoms with van der Waals surface area (Å²) in [5.41, 5.74) is -0.271. The Kier molecular flexibility index (Phi) is 8.13. The molecule has 0 spiro atoms. The Bertz CT molecular complexity index is 2110. The van der Waals surface area contributed by atoms with Crippen LogP contribution in [0.1, 0.15) is 31.1 Å². The van der Waals surface area contributed by atoms with Crippen LogP contribution in [0.25, 0.3) is 32.3 Å². The van der Waals surface area contributed by atoms with Crippen LogP contribution in [0.4, 0.5) is 0 Å². The summed E-state index contributed by atoms with van der Waals surface area (Å²) in [6.07, 6.45) is -2.31. The van der Waals surface area contributed by atoms with Gasteiger partial charge in [-0.2, -0.15) is 0 Å². The third-order valence-corrected chi connectivity index (χ3v) is 9.41. The molecule has 0 bridgehead atoms. The van der Waals surface area contributed by atoms with Crippen molar-refractivity contribution < 1.29 is 33.7 Å². The van der Waals surface area contributed by atoms with Crippen LogP contribution in [0, 0.1) is 0 Å². The Balaban J connectivity index is 1.13. The average Bonchev–Trinajstić information content (AvgIpc) is 3.38. The van der Waals surface area contributed by atoms with E-state index in [9.17, 15) is 19.5 Å². The SMILES string of the molecule is O=C(OC[C@@H]1SC(O)[C@H](OC(=O)c2ccc3ccccc3c2)[C@H]1OC(=O)c1ccc2ccccc2c1)c1ccc2ccccc2c1. The second-order valence-corrected chi connectivity index (χ2v) is 12.4. The van der Waals surface area contributed by atoms with Gasteiger partial charge in [-0.1, -0.05) is 91.0 Å². The number of ether oxygens (including phenoxy) is 3. The van der Waals surface area contributed by atoms with Crippen molar-refractivity contribution in [2.75, 3.05) is 6.61 Å². The Morgan fingerprint density at radius 3 is 1.37 bits per heavy atom. The van der Waals surface area contributed by atoms with E-state index < -0.39 is 40.8 Å². The quantitative estimate of drug-likeness (QED) is 0.147. The number of benzene rings is 6. The van der Waals surface area contributed by atoms with Crippen LogP contribution >= 0.6 is 11.8 Å². The number of aliphatic hydroxyl groups is 1. The topological polar surface area (TPSA) is 99.1 Å². The Morgan fingerprint density at radius 1 is 0.522 bits per heavy atom. The zero-order valence-electron chi connectivity index (χ0n) is 24.4. The minimum Gasteiger partial charge on any atom is -0.461 e. The molecule has 1 saturated heterocycles. The van der Waals surface area contributed by atoms with Gasteiger partial charge in [0, 0.05) is 0 Å². The zero-order valence-corrected chi connectivity index (χ0v) is 25.3. The first kappa shape index (κ1) is 29.5. The number of thioether (sulfide) groups is 1. The molecule has 0 radical (unpaired) electrons. The predicted octanol–water partition coefficient (Wildman–Crippen LogP) is 7.19. The van der Waals surface area contributed by atoms with Crippen molar-refractivity contribution in [2.45, 2.75) is 22.9 Å². The van der Waals surface area contributed by atoms with Gasteiger partial charge in [0.05, 0.1) is 21.9 Å². The van der Waals surface area contributed by atoms with Crippen LogP contribution in [0.3, 0.4) is 0 Å². The van der Waals surface area contributed by atoms with Gasteiger partial charge in [-0.25, -0.2) is 14.4 Å². The molecule has 4 atom stereocenters. The van der Waals surface area contributed by atoms with Gasteiger partial charge in [-0.3, -0.25) is 0 Å². The summed E-state index contributed by atoms with van der Waals surface area (Å²) < 4.78 is 17.4. The minimum absolute atomic E-state index is 0.187.